The van der Waals surface area contributed by atoms with Crippen molar-refractivity contribution in [2.45, 2.75) is 20.4 Å². The number of ether oxygens (including phenoxy) is 1. The van der Waals surface area contributed by atoms with Crippen LogP contribution in [-0.2, 0) is 6.54 Å². The van der Waals surface area contributed by atoms with Crippen LogP contribution in [0.25, 0.3) is 0 Å². The lowest BCUT2D eigenvalue weighted by Crippen LogP contribution is -2.00. The molecule has 2 rings (SSSR count). The second-order valence-electron chi connectivity index (χ2n) is 3.88. The summed E-state index contributed by atoms with van der Waals surface area (Å²) in [4.78, 5) is 8.20. The van der Waals surface area contributed by atoms with E-state index in [1.54, 1.807) is 12.4 Å². The number of nitrogens with two attached hydrogens (primary N) is 1. The topological polar surface area (TPSA) is 61.0 Å². The molecule has 4 heteroatoms. The number of benzene rings is 1. The number of nitrogens with zero attached hydrogens (tertiary/aromatic N) is 2. The molecule has 88 valence electrons. The Morgan fingerprint density at radius 3 is 2.53 bits per heavy atom. The summed E-state index contributed by atoms with van der Waals surface area (Å²) in [5.41, 5.74) is 8.64. The van der Waals surface area contributed by atoms with Crippen LogP contribution in [-0.4, -0.2) is 9.97 Å². The van der Waals surface area contributed by atoms with Gasteiger partial charge in [-0.1, -0.05) is 12.1 Å². The van der Waals surface area contributed by atoms with Crippen molar-refractivity contribution in [1.82, 2.24) is 9.97 Å². The van der Waals surface area contributed by atoms with E-state index in [1.807, 2.05) is 32.0 Å². The zero-order valence-electron chi connectivity index (χ0n) is 9.97. The molecule has 2 N–H and O–H groups in total. The molecule has 0 saturated heterocycles. The van der Waals surface area contributed by atoms with E-state index >= 15 is 0 Å². The maximum atomic E-state index is 5.63. The molecular weight excluding hydrogens is 214 g/mol. The molecule has 0 spiro atoms. The van der Waals surface area contributed by atoms with Crippen molar-refractivity contribution < 1.29 is 4.74 Å². The minimum atomic E-state index is 0.343. The van der Waals surface area contributed by atoms with Gasteiger partial charge in [0.25, 0.3) is 0 Å². The van der Waals surface area contributed by atoms with Gasteiger partial charge in [-0.25, -0.2) is 9.97 Å². The highest BCUT2D eigenvalue weighted by atomic mass is 16.5. The summed E-state index contributed by atoms with van der Waals surface area (Å²) in [6, 6.07) is 6.24. The molecular formula is C13H15N3O. The predicted octanol–water partition coefficient (Wildman–Crippen LogP) is 2.34. The number of aryl methyl sites for hydroxylation is 1. The highest BCUT2D eigenvalue weighted by Crippen LogP contribution is 2.24. The zero-order chi connectivity index (χ0) is 12.3. The van der Waals surface area contributed by atoms with Crippen LogP contribution in [0.15, 0.2) is 30.6 Å². The van der Waals surface area contributed by atoms with Crippen LogP contribution in [0, 0.1) is 13.8 Å². The summed E-state index contributed by atoms with van der Waals surface area (Å²) < 4.78 is 5.63. The maximum Gasteiger partial charge on any atom is 0.321 e. The van der Waals surface area contributed by atoms with Crippen molar-refractivity contribution in [2.75, 3.05) is 0 Å². The van der Waals surface area contributed by atoms with E-state index in [1.165, 1.54) is 5.56 Å². The van der Waals surface area contributed by atoms with Gasteiger partial charge in [-0.3, -0.25) is 0 Å². The summed E-state index contributed by atoms with van der Waals surface area (Å²) >= 11 is 0. The molecule has 1 aromatic carbocycles. The highest BCUT2D eigenvalue weighted by molar-refractivity contribution is 5.39. The molecule has 0 atom stereocenters. The van der Waals surface area contributed by atoms with Gasteiger partial charge >= 0.3 is 6.01 Å². The third kappa shape index (κ3) is 2.60. The van der Waals surface area contributed by atoms with Gasteiger partial charge in [0.1, 0.15) is 5.75 Å². The summed E-state index contributed by atoms with van der Waals surface area (Å²) in [6.07, 6.45) is 3.35. The van der Waals surface area contributed by atoms with Crippen molar-refractivity contribution in [3.63, 3.8) is 0 Å². The van der Waals surface area contributed by atoms with E-state index in [-0.39, 0.29) is 0 Å². The molecule has 0 aliphatic carbocycles. The Morgan fingerprint density at radius 2 is 1.88 bits per heavy atom. The van der Waals surface area contributed by atoms with Gasteiger partial charge in [0.05, 0.1) is 0 Å². The van der Waals surface area contributed by atoms with Crippen molar-refractivity contribution in [3.8, 4) is 11.8 Å². The number of rotatable bonds is 3. The summed E-state index contributed by atoms with van der Waals surface area (Å²) in [5.74, 6) is 0.783. The first-order valence-electron chi connectivity index (χ1n) is 5.46. The molecule has 0 aliphatic rings. The molecule has 1 aromatic heterocycles. The highest BCUT2D eigenvalue weighted by Gasteiger charge is 2.05. The monoisotopic (exact) mass is 229 g/mol. The smallest absolute Gasteiger partial charge is 0.321 e. The van der Waals surface area contributed by atoms with Crippen LogP contribution in [0.4, 0.5) is 0 Å². The van der Waals surface area contributed by atoms with E-state index in [0.29, 0.717) is 12.6 Å². The van der Waals surface area contributed by atoms with E-state index in [0.717, 1.165) is 16.9 Å². The molecule has 0 amide bonds. The van der Waals surface area contributed by atoms with Crippen LogP contribution in [0.2, 0.25) is 0 Å². The van der Waals surface area contributed by atoms with Crippen molar-refractivity contribution in [3.05, 3.63) is 47.3 Å². The van der Waals surface area contributed by atoms with Crippen molar-refractivity contribution in [1.29, 1.82) is 0 Å². The van der Waals surface area contributed by atoms with Gasteiger partial charge in [-0.2, -0.15) is 0 Å². The van der Waals surface area contributed by atoms with Crippen LogP contribution in [0.3, 0.4) is 0 Å². The van der Waals surface area contributed by atoms with Crippen molar-refractivity contribution in [2.24, 2.45) is 5.73 Å². The Balaban J connectivity index is 2.22. The third-order valence-corrected chi connectivity index (χ3v) is 2.67. The first-order chi connectivity index (χ1) is 8.20. The number of hydrogen-bond acceptors (Lipinski definition) is 4. The molecule has 2 aromatic rings. The van der Waals surface area contributed by atoms with E-state index in [9.17, 15) is 0 Å². The molecule has 0 saturated carbocycles. The summed E-state index contributed by atoms with van der Waals surface area (Å²) in [5, 5.41) is 0. The average Bonchev–Trinajstić information content (AvgIpc) is 2.36. The Hall–Kier alpha value is -1.94. The average molecular weight is 229 g/mol. The first kappa shape index (κ1) is 11.5. The molecule has 0 bridgehead atoms. The van der Waals surface area contributed by atoms with Gasteiger partial charge in [-0.15, -0.1) is 0 Å². The minimum Gasteiger partial charge on any atom is -0.424 e. The quantitative estimate of drug-likeness (QED) is 0.877. The van der Waals surface area contributed by atoms with E-state index < -0.39 is 0 Å². The summed E-state index contributed by atoms with van der Waals surface area (Å²) in [7, 11) is 0. The second kappa shape index (κ2) is 4.93. The van der Waals surface area contributed by atoms with Crippen molar-refractivity contribution >= 4 is 0 Å². The van der Waals surface area contributed by atoms with Crippen LogP contribution >= 0.6 is 0 Å². The molecule has 17 heavy (non-hydrogen) atoms. The molecule has 4 nitrogen and oxygen atoms in total. The number of hydrogen-bond donors (Lipinski definition) is 1. The van der Waals surface area contributed by atoms with Crippen LogP contribution in [0.5, 0.6) is 11.8 Å². The standard InChI is InChI=1S/C13H15N3O/c1-9-4-3-5-12(10(9)2)17-13-15-7-11(6-14)8-16-13/h3-5,7-8H,6,14H2,1-2H3. The summed E-state index contributed by atoms with van der Waals surface area (Å²) in [6.45, 7) is 4.49. The van der Waals surface area contributed by atoms with E-state index in [2.05, 4.69) is 9.97 Å². The fourth-order valence-electron chi connectivity index (χ4n) is 1.43. The molecule has 0 unspecified atom stereocenters. The third-order valence-electron chi connectivity index (χ3n) is 2.67. The second-order valence-corrected chi connectivity index (χ2v) is 3.88. The lowest BCUT2D eigenvalue weighted by molar-refractivity contribution is 0.437. The zero-order valence-corrected chi connectivity index (χ0v) is 9.97. The lowest BCUT2D eigenvalue weighted by atomic mass is 10.1. The Bertz CT molecular complexity index is 509. The minimum absolute atomic E-state index is 0.343. The van der Waals surface area contributed by atoms with Gasteiger partial charge < -0.3 is 10.5 Å². The Morgan fingerprint density at radius 1 is 1.18 bits per heavy atom. The van der Waals surface area contributed by atoms with Gasteiger partial charge in [0, 0.05) is 24.5 Å². The molecule has 0 fully saturated rings. The Labute approximate surface area is 100 Å². The maximum absolute atomic E-state index is 5.63. The van der Waals surface area contributed by atoms with Crippen LogP contribution in [0.1, 0.15) is 16.7 Å². The fourth-order valence-corrected chi connectivity index (χ4v) is 1.43. The predicted molar refractivity (Wildman–Crippen MR) is 65.9 cm³/mol. The largest absolute Gasteiger partial charge is 0.424 e. The van der Waals surface area contributed by atoms with Gasteiger partial charge in [0.2, 0.25) is 0 Å². The number of aromatic nitrogens is 2. The lowest BCUT2D eigenvalue weighted by Gasteiger charge is -2.08. The SMILES string of the molecule is Cc1cccc(Oc2ncc(CN)cn2)c1C. The van der Waals surface area contributed by atoms with E-state index in [4.69, 9.17) is 10.5 Å². The molecule has 0 radical (unpaired) electrons. The Kier molecular flexibility index (Phi) is 3.35. The van der Waals surface area contributed by atoms with Crippen LogP contribution < -0.4 is 10.5 Å². The molecule has 1 heterocycles. The fraction of sp³-hybridized carbons (Fsp3) is 0.231. The first-order valence-corrected chi connectivity index (χ1v) is 5.46. The normalized spacial score (nSPS) is 10.3. The van der Waals surface area contributed by atoms with Gasteiger partial charge in [-0.05, 0) is 31.0 Å². The van der Waals surface area contributed by atoms with Gasteiger partial charge in [0.15, 0.2) is 0 Å². The molecule has 0 aliphatic heterocycles.